The Bertz CT molecular complexity index is 1550. The second kappa shape index (κ2) is 9.50. The zero-order chi connectivity index (χ0) is 27.1. The van der Waals surface area contributed by atoms with Crippen LogP contribution in [0.3, 0.4) is 0 Å². The normalized spacial score (nSPS) is 15.4. The fourth-order valence-corrected chi connectivity index (χ4v) is 4.89. The summed E-state index contributed by atoms with van der Waals surface area (Å²) in [5.74, 6) is 0.834. The Labute approximate surface area is 224 Å². The standard InChI is InChI=1S/C30H26N2O7/c1-17-25(31-29(35)38-18(2)23-4-3-5-24-27(23)37-16-36-24)26(39-32-17)21-8-6-19(7-9-21)20-10-12-22(13-11-20)30(14-15-30)28(33)34/h3-13,18H,14-16H2,1-2H3,(H,31,35)(H,33,34). The molecular weight excluding hydrogens is 500 g/mol. The van der Waals surface area contributed by atoms with Crippen LogP contribution in [0, 0.1) is 6.92 Å². The minimum absolute atomic E-state index is 0.129. The highest BCUT2D eigenvalue weighted by Crippen LogP contribution is 2.48. The molecule has 2 N–H and O–H groups in total. The van der Waals surface area contributed by atoms with E-state index in [9.17, 15) is 14.7 Å². The molecule has 39 heavy (non-hydrogen) atoms. The van der Waals surface area contributed by atoms with Crippen molar-refractivity contribution in [3.63, 3.8) is 0 Å². The maximum Gasteiger partial charge on any atom is 0.412 e. The van der Waals surface area contributed by atoms with Gasteiger partial charge < -0.3 is 23.8 Å². The SMILES string of the molecule is Cc1noc(-c2ccc(-c3ccc(C4(C(=O)O)CC4)cc3)cc2)c1NC(=O)OC(C)c1cccc2c1OCO2. The van der Waals surface area contributed by atoms with E-state index in [0.29, 0.717) is 47.0 Å². The molecule has 2 aliphatic rings. The lowest BCUT2D eigenvalue weighted by Crippen LogP contribution is -2.19. The predicted octanol–water partition coefficient (Wildman–Crippen LogP) is 6.47. The van der Waals surface area contributed by atoms with E-state index in [0.717, 1.165) is 22.3 Å². The van der Waals surface area contributed by atoms with Crippen LogP contribution in [-0.4, -0.2) is 29.1 Å². The molecule has 6 rings (SSSR count). The topological polar surface area (TPSA) is 120 Å². The van der Waals surface area contributed by atoms with Crippen molar-refractivity contribution >= 4 is 17.7 Å². The van der Waals surface area contributed by atoms with Gasteiger partial charge in [-0.05, 0) is 49.4 Å². The van der Waals surface area contributed by atoms with Gasteiger partial charge in [0.2, 0.25) is 6.79 Å². The summed E-state index contributed by atoms with van der Waals surface area (Å²) in [6.07, 6.45) is 0.111. The van der Waals surface area contributed by atoms with E-state index >= 15 is 0 Å². The van der Waals surface area contributed by atoms with Crippen molar-refractivity contribution in [3.05, 3.63) is 83.6 Å². The molecule has 1 unspecified atom stereocenters. The Morgan fingerprint density at radius 3 is 2.31 bits per heavy atom. The van der Waals surface area contributed by atoms with Crippen molar-refractivity contribution in [2.45, 2.75) is 38.2 Å². The smallest absolute Gasteiger partial charge is 0.412 e. The Morgan fingerprint density at radius 2 is 1.64 bits per heavy atom. The summed E-state index contributed by atoms with van der Waals surface area (Å²) in [6, 6.07) is 20.7. The number of ether oxygens (including phenoxy) is 3. The number of fused-ring (bicyclic) bond motifs is 1. The number of aryl methyl sites for hydroxylation is 1. The van der Waals surface area contributed by atoms with Gasteiger partial charge in [-0.2, -0.15) is 0 Å². The summed E-state index contributed by atoms with van der Waals surface area (Å²) in [5, 5.41) is 16.3. The fraction of sp³-hybridized carbons (Fsp3) is 0.233. The van der Waals surface area contributed by atoms with Crippen LogP contribution in [0.15, 0.2) is 71.3 Å². The monoisotopic (exact) mass is 526 g/mol. The molecule has 198 valence electrons. The predicted molar refractivity (Wildman–Crippen MR) is 142 cm³/mol. The zero-order valence-electron chi connectivity index (χ0n) is 21.4. The second-order valence-electron chi connectivity index (χ2n) is 9.77. The van der Waals surface area contributed by atoms with E-state index in [1.165, 1.54) is 0 Å². The lowest BCUT2D eigenvalue weighted by molar-refractivity contribution is -0.140. The van der Waals surface area contributed by atoms with E-state index in [4.69, 9.17) is 18.7 Å². The molecule has 1 aliphatic carbocycles. The summed E-state index contributed by atoms with van der Waals surface area (Å²) >= 11 is 0. The summed E-state index contributed by atoms with van der Waals surface area (Å²) < 4.78 is 22.1. The summed E-state index contributed by atoms with van der Waals surface area (Å²) in [7, 11) is 0. The highest BCUT2D eigenvalue weighted by Gasteiger charge is 2.51. The number of nitrogens with zero attached hydrogens (tertiary/aromatic N) is 1. The van der Waals surface area contributed by atoms with Gasteiger partial charge in [0.15, 0.2) is 17.3 Å². The highest BCUT2D eigenvalue weighted by atomic mass is 16.7. The molecule has 1 amide bonds. The first-order chi connectivity index (χ1) is 18.9. The van der Waals surface area contributed by atoms with Gasteiger partial charge in [-0.1, -0.05) is 65.8 Å². The van der Waals surface area contributed by atoms with Crippen LogP contribution in [0.5, 0.6) is 11.5 Å². The number of carbonyl (C=O) groups excluding carboxylic acids is 1. The van der Waals surface area contributed by atoms with Gasteiger partial charge >= 0.3 is 12.1 Å². The molecular formula is C30H26N2O7. The average Bonchev–Trinajstić information content (AvgIpc) is 3.49. The molecule has 1 aromatic heterocycles. The number of aromatic nitrogens is 1. The third-order valence-electron chi connectivity index (χ3n) is 7.32. The summed E-state index contributed by atoms with van der Waals surface area (Å²) in [6.45, 7) is 3.63. The Hall–Kier alpha value is -4.79. The van der Waals surface area contributed by atoms with E-state index in [1.807, 2.05) is 60.7 Å². The van der Waals surface area contributed by atoms with Crippen molar-refractivity contribution in [1.82, 2.24) is 5.16 Å². The first-order valence-electron chi connectivity index (χ1n) is 12.6. The molecule has 1 atom stereocenters. The number of aliphatic carboxylic acids is 1. The minimum atomic E-state index is -0.767. The minimum Gasteiger partial charge on any atom is -0.481 e. The van der Waals surface area contributed by atoms with Crippen molar-refractivity contribution in [1.29, 1.82) is 0 Å². The molecule has 4 aromatic rings. The van der Waals surface area contributed by atoms with E-state index < -0.39 is 23.6 Å². The molecule has 2 heterocycles. The fourth-order valence-electron chi connectivity index (χ4n) is 4.89. The number of nitrogens with one attached hydrogen (secondary N) is 1. The molecule has 0 bridgehead atoms. The molecule has 1 fully saturated rings. The van der Waals surface area contributed by atoms with E-state index in [1.54, 1.807) is 19.9 Å². The number of carboxylic acid groups (broad SMARTS) is 1. The van der Waals surface area contributed by atoms with Gasteiger partial charge in [-0.3, -0.25) is 10.1 Å². The van der Waals surface area contributed by atoms with Crippen LogP contribution >= 0.6 is 0 Å². The first-order valence-corrected chi connectivity index (χ1v) is 12.6. The summed E-state index contributed by atoms with van der Waals surface area (Å²) in [5.41, 5.74) is 4.42. The van der Waals surface area contributed by atoms with Crippen LogP contribution < -0.4 is 14.8 Å². The summed E-state index contributed by atoms with van der Waals surface area (Å²) in [4.78, 5) is 24.4. The second-order valence-corrected chi connectivity index (χ2v) is 9.77. The van der Waals surface area contributed by atoms with Gasteiger partial charge in [0.1, 0.15) is 17.5 Å². The maximum atomic E-state index is 12.8. The Balaban J connectivity index is 1.16. The van der Waals surface area contributed by atoms with Crippen LogP contribution in [0.2, 0.25) is 0 Å². The number of rotatable bonds is 7. The highest BCUT2D eigenvalue weighted by molar-refractivity contribution is 5.91. The number of anilines is 1. The maximum absolute atomic E-state index is 12.8. The lowest BCUT2D eigenvalue weighted by Gasteiger charge is -2.16. The molecule has 9 nitrogen and oxygen atoms in total. The molecule has 3 aromatic carbocycles. The first kappa shape index (κ1) is 24.5. The van der Waals surface area contributed by atoms with E-state index in [2.05, 4.69) is 10.5 Å². The van der Waals surface area contributed by atoms with E-state index in [-0.39, 0.29) is 6.79 Å². The lowest BCUT2D eigenvalue weighted by atomic mass is 9.93. The third kappa shape index (κ3) is 4.46. The van der Waals surface area contributed by atoms with Crippen molar-refractivity contribution in [2.75, 3.05) is 12.1 Å². The molecule has 0 saturated heterocycles. The molecule has 9 heteroatoms. The molecule has 1 aliphatic heterocycles. The van der Waals surface area contributed by atoms with Gasteiger partial charge in [0.05, 0.1) is 5.41 Å². The van der Waals surface area contributed by atoms with Gasteiger partial charge in [-0.25, -0.2) is 4.79 Å². The van der Waals surface area contributed by atoms with Crippen molar-refractivity contribution in [3.8, 4) is 33.9 Å². The van der Waals surface area contributed by atoms with Crippen molar-refractivity contribution in [2.24, 2.45) is 0 Å². The number of benzene rings is 3. The molecule has 1 saturated carbocycles. The number of carbonyl (C=O) groups is 2. The van der Waals surface area contributed by atoms with Crippen molar-refractivity contribution < 1.29 is 33.4 Å². The number of para-hydroxylation sites is 1. The average molecular weight is 527 g/mol. The van der Waals surface area contributed by atoms with Crippen LogP contribution in [0.4, 0.5) is 10.5 Å². The van der Waals surface area contributed by atoms with Crippen LogP contribution in [0.25, 0.3) is 22.5 Å². The van der Waals surface area contributed by atoms with Gasteiger partial charge in [0.25, 0.3) is 0 Å². The Kier molecular flexibility index (Phi) is 5.98. The zero-order valence-corrected chi connectivity index (χ0v) is 21.4. The number of hydrogen-bond acceptors (Lipinski definition) is 7. The molecule has 0 radical (unpaired) electrons. The number of amides is 1. The van der Waals surface area contributed by atoms with Crippen LogP contribution in [-0.2, 0) is 14.9 Å². The van der Waals surface area contributed by atoms with Crippen LogP contribution in [0.1, 0.15) is 42.7 Å². The number of carboxylic acids is 1. The van der Waals surface area contributed by atoms with Gasteiger partial charge in [0, 0.05) is 11.1 Å². The Morgan fingerprint density at radius 1 is 0.974 bits per heavy atom. The molecule has 0 spiro atoms. The van der Waals surface area contributed by atoms with Gasteiger partial charge in [-0.15, -0.1) is 0 Å². The number of hydrogen-bond donors (Lipinski definition) is 2. The third-order valence-corrected chi connectivity index (χ3v) is 7.32. The largest absolute Gasteiger partial charge is 0.481 e. The quantitative estimate of drug-likeness (QED) is 0.281.